The van der Waals surface area contributed by atoms with Crippen LogP contribution in [0, 0.1) is 12.7 Å². The minimum Gasteiger partial charge on any atom is -0.349 e. The Morgan fingerprint density at radius 3 is 2.21 bits per heavy atom. The highest BCUT2D eigenvalue weighted by atomic mass is 32.1. The fourth-order valence-corrected chi connectivity index (χ4v) is 8.28. The van der Waals surface area contributed by atoms with Crippen LogP contribution in [0.5, 0.6) is 0 Å². The molecule has 4 heterocycles. The quantitative estimate of drug-likeness (QED) is 0.181. The first-order chi connectivity index (χ1) is 25.3. The van der Waals surface area contributed by atoms with Crippen molar-refractivity contribution in [3.8, 4) is 11.1 Å². The van der Waals surface area contributed by atoms with Gasteiger partial charge >= 0.3 is 0 Å². The first-order valence-corrected chi connectivity index (χ1v) is 19.4. The van der Waals surface area contributed by atoms with Crippen molar-refractivity contribution >= 4 is 34.7 Å². The number of pyridine rings is 1. The van der Waals surface area contributed by atoms with Gasteiger partial charge in [-0.3, -0.25) is 19.4 Å². The summed E-state index contributed by atoms with van der Waals surface area (Å²) in [6.07, 6.45) is 6.47. The summed E-state index contributed by atoms with van der Waals surface area (Å²) in [7, 11) is 2.22. The van der Waals surface area contributed by atoms with Crippen molar-refractivity contribution in [3.05, 3.63) is 93.8 Å². The van der Waals surface area contributed by atoms with E-state index in [9.17, 15) is 14.0 Å². The van der Waals surface area contributed by atoms with Crippen LogP contribution in [0.1, 0.15) is 69.9 Å². The van der Waals surface area contributed by atoms with Gasteiger partial charge in [0.1, 0.15) is 17.3 Å². The number of benzene rings is 2. The lowest BCUT2D eigenvalue weighted by Crippen LogP contribution is -2.52. The molecule has 2 saturated heterocycles. The van der Waals surface area contributed by atoms with Crippen LogP contribution >= 0.6 is 11.3 Å². The number of carbonyl (C=O) groups excluding carboxylic acids is 2. The maximum absolute atomic E-state index is 14.4. The molecule has 3 fully saturated rings. The summed E-state index contributed by atoms with van der Waals surface area (Å²) in [5, 5.41) is 12.0. The number of likely N-dealkylation sites (N-methyl/N-ethyl adjacent to an activating group) is 1. The van der Waals surface area contributed by atoms with Crippen LogP contribution in [0.4, 0.5) is 15.9 Å². The molecule has 10 nitrogen and oxygen atoms in total. The molecular formula is C40H49FN8O2S. The molecule has 1 saturated carbocycles. The third kappa shape index (κ3) is 9.22. The number of carbonyl (C=O) groups is 2. The van der Waals surface area contributed by atoms with Gasteiger partial charge in [-0.1, -0.05) is 36.4 Å². The number of hydrogen-bond donors (Lipinski definition) is 3. The summed E-state index contributed by atoms with van der Waals surface area (Å²) in [6.45, 7) is 9.84. The molecule has 0 bridgehead atoms. The summed E-state index contributed by atoms with van der Waals surface area (Å²) in [6, 6.07) is 18.6. The monoisotopic (exact) mass is 724 g/mol. The highest BCUT2D eigenvalue weighted by Crippen LogP contribution is 2.28. The number of amides is 2. The molecule has 2 aromatic heterocycles. The van der Waals surface area contributed by atoms with E-state index in [-0.39, 0.29) is 29.5 Å². The smallest absolute Gasteiger partial charge is 0.270 e. The number of halogens is 1. The van der Waals surface area contributed by atoms with E-state index in [0.717, 1.165) is 66.5 Å². The van der Waals surface area contributed by atoms with Gasteiger partial charge in [0.2, 0.25) is 0 Å². The third-order valence-electron chi connectivity index (χ3n) is 10.8. The first kappa shape index (κ1) is 36.1. The number of piperazine rings is 1. The van der Waals surface area contributed by atoms with E-state index in [1.54, 1.807) is 5.38 Å². The van der Waals surface area contributed by atoms with Crippen LogP contribution in [-0.2, 0) is 6.54 Å². The number of nitrogens with one attached hydrogen (secondary N) is 3. The highest BCUT2D eigenvalue weighted by molar-refractivity contribution is 7.09. The number of aryl methyl sites for hydroxylation is 1. The van der Waals surface area contributed by atoms with Gasteiger partial charge in [-0.15, -0.1) is 11.3 Å². The second-order valence-electron chi connectivity index (χ2n) is 14.5. The van der Waals surface area contributed by atoms with E-state index in [4.69, 9.17) is 0 Å². The van der Waals surface area contributed by atoms with Gasteiger partial charge in [-0.2, -0.15) is 0 Å². The Labute approximate surface area is 309 Å². The molecule has 0 atom stereocenters. The minimum atomic E-state index is -0.576. The van der Waals surface area contributed by atoms with E-state index in [2.05, 4.69) is 78.0 Å². The second-order valence-corrected chi connectivity index (χ2v) is 15.6. The van der Waals surface area contributed by atoms with Crippen molar-refractivity contribution in [1.82, 2.24) is 35.3 Å². The average Bonchev–Trinajstić information content (AvgIpc) is 3.60. The summed E-state index contributed by atoms with van der Waals surface area (Å²) >= 11 is 1.45. The fraction of sp³-hybridized carbons (Fsp3) is 0.450. The molecule has 3 N–H and O–H groups in total. The van der Waals surface area contributed by atoms with E-state index < -0.39 is 5.82 Å². The zero-order valence-corrected chi connectivity index (χ0v) is 30.9. The number of piperidine rings is 1. The lowest BCUT2D eigenvalue weighted by Gasteiger charge is -2.42. The van der Waals surface area contributed by atoms with E-state index in [1.807, 2.05) is 25.1 Å². The van der Waals surface area contributed by atoms with Crippen molar-refractivity contribution in [2.75, 3.05) is 51.6 Å². The Bertz CT molecular complexity index is 1830. The summed E-state index contributed by atoms with van der Waals surface area (Å²) in [5.74, 6) is -0.827. The zero-order valence-electron chi connectivity index (χ0n) is 30.1. The van der Waals surface area contributed by atoms with Gasteiger partial charge < -0.3 is 20.9 Å². The SMILES string of the molecule is Cc1nc(C(=O)NC2CCC(NC(=O)c3cc(F)cnc3Nc3cccc(-c4ccc(CN5CCC(N6CCN(C)CC6)CC5)cc4)c3)CC2)cs1. The molecule has 52 heavy (non-hydrogen) atoms. The number of nitrogens with zero attached hydrogens (tertiary/aromatic N) is 5. The van der Waals surface area contributed by atoms with Gasteiger partial charge in [0.15, 0.2) is 0 Å². The molecular weight excluding hydrogens is 676 g/mol. The topological polar surface area (TPSA) is 106 Å². The van der Waals surface area contributed by atoms with E-state index >= 15 is 0 Å². The molecule has 2 aliphatic heterocycles. The van der Waals surface area contributed by atoms with E-state index in [0.29, 0.717) is 24.4 Å². The standard InChI is InChI=1S/C40H49FN8O2S/c1-27-43-37(26-52-27)40(51)46-33-12-10-32(11-13-33)45-39(50)36-23-31(41)24-42-38(36)44-34-5-3-4-30(22-34)29-8-6-28(7-9-29)25-48-16-14-35(15-17-48)49-20-18-47(2)19-21-49/h3-9,22-24,26,32-33,35H,10-21,25H2,1-2H3,(H,42,44)(H,45,50)(H,46,51). The van der Waals surface area contributed by atoms with Gasteiger partial charge in [0.25, 0.3) is 11.8 Å². The lowest BCUT2D eigenvalue weighted by molar-refractivity contribution is 0.0658. The predicted molar refractivity (Wildman–Crippen MR) is 205 cm³/mol. The average molecular weight is 725 g/mol. The molecule has 4 aromatic rings. The predicted octanol–water partition coefficient (Wildman–Crippen LogP) is 6.08. The summed E-state index contributed by atoms with van der Waals surface area (Å²) in [4.78, 5) is 42.2. The number of thiazole rings is 1. The number of likely N-dealkylation sites (tertiary alicyclic amines) is 1. The Morgan fingerprint density at radius 2 is 1.54 bits per heavy atom. The van der Waals surface area contributed by atoms with Gasteiger partial charge in [0, 0.05) is 61.9 Å². The van der Waals surface area contributed by atoms with Gasteiger partial charge in [-0.25, -0.2) is 14.4 Å². The summed E-state index contributed by atoms with van der Waals surface area (Å²) < 4.78 is 14.4. The van der Waals surface area contributed by atoms with Gasteiger partial charge in [-0.05, 0) is 100 Å². The number of anilines is 2. The Balaban J connectivity index is 0.918. The number of hydrogen-bond acceptors (Lipinski definition) is 9. The third-order valence-corrected chi connectivity index (χ3v) is 11.6. The largest absolute Gasteiger partial charge is 0.349 e. The number of rotatable bonds is 10. The van der Waals surface area contributed by atoms with Crippen LogP contribution < -0.4 is 16.0 Å². The van der Waals surface area contributed by atoms with Crippen molar-refractivity contribution in [2.24, 2.45) is 0 Å². The Hall–Kier alpha value is -4.23. The fourth-order valence-electron chi connectivity index (χ4n) is 7.69. The molecule has 0 radical (unpaired) electrons. The second kappa shape index (κ2) is 16.6. The molecule has 1 aliphatic carbocycles. The molecule has 0 spiro atoms. The maximum Gasteiger partial charge on any atom is 0.270 e. The number of aromatic nitrogens is 2. The normalized spacial score (nSPS) is 20.8. The van der Waals surface area contributed by atoms with Crippen molar-refractivity contribution in [3.63, 3.8) is 0 Å². The first-order valence-electron chi connectivity index (χ1n) is 18.6. The van der Waals surface area contributed by atoms with Crippen LogP contribution in [0.3, 0.4) is 0 Å². The van der Waals surface area contributed by atoms with Crippen LogP contribution in [-0.4, -0.2) is 101 Å². The van der Waals surface area contributed by atoms with Crippen molar-refractivity contribution in [2.45, 2.75) is 70.1 Å². The Kier molecular flexibility index (Phi) is 11.6. The molecule has 7 rings (SSSR count). The molecule has 274 valence electrons. The van der Waals surface area contributed by atoms with E-state index in [1.165, 1.54) is 62.0 Å². The zero-order chi connectivity index (χ0) is 36.0. The molecule has 12 heteroatoms. The van der Waals surface area contributed by atoms with Crippen molar-refractivity contribution in [1.29, 1.82) is 0 Å². The lowest BCUT2D eigenvalue weighted by atomic mass is 9.91. The van der Waals surface area contributed by atoms with Crippen molar-refractivity contribution < 1.29 is 14.0 Å². The van der Waals surface area contributed by atoms with Gasteiger partial charge in [0.05, 0.1) is 16.8 Å². The molecule has 0 unspecified atom stereocenters. The van der Waals surface area contributed by atoms with Crippen LogP contribution in [0.2, 0.25) is 0 Å². The Morgan fingerprint density at radius 1 is 0.846 bits per heavy atom. The van der Waals surface area contributed by atoms with Crippen LogP contribution in [0.15, 0.2) is 66.2 Å². The molecule has 2 aromatic carbocycles. The van der Waals surface area contributed by atoms with Crippen LogP contribution in [0.25, 0.3) is 11.1 Å². The molecule has 2 amide bonds. The maximum atomic E-state index is 14.4. The summed E-state index contributed by atoms with van der Waals surface area (Å²) in [5.41, 5.74) is 4.79. The highest BCUT2D eigenvalue weighted by Gasteiger charge is 2.28. The molecule has 3 aliphatic rings. The minimum absolute atomic E-state index is 0.0225.